The van der Waals surface area contributed by atoms with Crippen LogP contribution in [-0.2, 0) is 35.1 Å². The van der Waals surface area contributed by atoms with E-state index in [9.17, 15) is 48.8 Å². The summed E-state index contributed by atoms with van der Waals surface area (Å²) >= 11 is 2.93. The van der Waals surface area contributed by atoms with E-state index in [0.29, 0.717) is 36.6 Å². The van der Waals surface area contributed by atoms with Crippen molar-refractivity contribution < 1.29 is 137 Å². The molecule has 20 nitrogen and oxygen atoms in total. The number of aromatic nitrogens is 3. The van der Waals surface area contributed by atoms with E-state index in [1.807, 2.05) is 50.2 Å². The number of fused-ring (bicyclic) bond motifs is 1. The number of benzene rings is 5. The van der Waals surface area contributed by atoms with Crippen molar-refractivity contribution >= 4 is 115 Å². The van der Waals surface area contributed by atoms with Crippen LogP contribution >= 0.6 is 15.9 Å². The van der Waals surface area contributed by atoms with Crippen molar-refractivity contribution in [2.24, 2.45) is 10.2 Å². The summed E-state index contributed by atoms with van der Waals surface area (Å²) < 4.78 is 112. The summed E-state index contributed by atoms with van der Waals surface area (Å²) in [6, 6.07) is 22.9. The van der Waals surface area contributed by atoms with Gasteiger partial charge in [-0.1, -0.05) is 52.3 Å². The van der Waals surface area contributed by atoms with Gasteiger partial charge in [0, 0.05) is 41.6 Å². The van der Waals surface area contributed by atoms with Gasteiger partial charge in [-0.05, 0) is 84.9 Å². The molecule has 0 fully saturated rings. The monoisotopic (exact) mass is 1030 g/mol. The third-order valence-corrected chi connectivity index (χ3v) is 11.6. The zero-order chi connectivity index (χ0) is 45.0. The maximum absolute atomic E-state index is 12.7. The molecule has 0 bridgehead atoms. The number of phenolic OH excluding ortho intramolecular Hbond substituents is 1. The quantitative estimate of drug-likeness (QED) is 0.0425. The van der Waals surface area contributed by atoms with Crippen LogP contribution in [0.15, 0.2) is 133 Å². The second kappa shape index (κ2) is 23.5. The van der Waals surface area contributed by atoms with Gasteiger partial charge in [-0.25, -0.2) is 25.3 Å². The number of hydrogen-bond donors (Lipinski definition) is 3. The number of nitrogens with one attached hydrogen (secondary N) is 2. The molecule has 1 amide bonds. The Hall–Kier alpha value is -3.41. The molecule has 0 aliphatic rings. The zero-order valence-corrected chi connectivity index (χ0v) is 45.1. The van der Waals surface area contributed by atoms with E-state index in [2.05, 4.69) is 46.8 Å². The smallest absolute Gasteiger partial charge is 0.744 e. The summed E-state index contributed by atoms with van der Waals surface area (Å²) in [6.07, 6.45) is 1.05. The van der Waals surface area contributed by atoms with Gasteiger partial charge >= 0.3 is 88.7 Å². The molecule has 1 aromatic heterocycles. The molecule has 27 heteroatoms. The van der Waals surface area contributed by atoms with Crippen molar-refractivity contribution in [1.82, 2.24) is 15.0 Å². The van der Waals surface area contributed by atoms with Crippen molar-refractivity contribution in [1.29, 1.82) is 0 Å². The first-order valence-electron chi connectivity index (χ1n) is 17.9. The van der Waals surface area contributed by atoms with Gasteiger partial charge in [0.15, 0.2) is 5.75 Å². The third kappa shape index (κ3) is 13.6. The first-order valence-corrected chi connectivity index (χ1v) is 23.0. The Morgan fingerprint density at radius 3 is 1.74 bits per heavy atom. The number of azo groups is 1. The molecule has 0 unspecified atom stereocenters. The number of anilines is 7. The number of carbonyl (C=O) groups excluding carboxylic acids is 1. The number of phenols is 1. The average molecular weight is 1030 g/mol. The van der Waals surface area contributed by atoms with E-state index in [0.717, 1.165) is 30.3 Å². The summed E-state index contributed by atoms with van der Waals surface area (Å²) in [5, 5.41) is 23.5. The Kier molecular flexibility index (Phi) is 20.3. The number of amides is 1. The van der Waals surface area contributed by atoms with Crippen molar-refractivity contribution in [3.8, 4) is 5.75 Å². The normalized spacial score (nSPS) is 11.7. The molecule has 0 atom stereocenters. The number of hydrogen-bond acceptors (Lipinski definition) is 19. The largest absolute Gasteiger partial charge is 1.00 e. The third-order valence-electron chi connectivity index (χ3n) is 8.76. The standard InChI is InChI=1S/C38H34BrN9O11S3.3Na/c1-3-47(25-11-7-5-8-12-25)37-42-36(43-38(44-37)48(4-2)26-13-9-6-10-14-26)41-29-22-27(60(51,52)53)19-23-20-31(62(57,58)59)34(35(50)33(23)29)46-45-28-21-24(40-32(49)17-18-39)15-16-30(28)61(54,55)56;;;/h5-22,50H,3-4H2,1-2H3,(H,40,49)(H,51,52,53)(H,54,55,56)(H,57,58,59)(H,41,42,43,44);;;/q;3*+1/p-3. The summed E-state index contributed by atoms with van der Waals surface area (Å²) in [4.78, 5) is 27.6. The van der Waals surface area contributed by atoms with Crippen LogP contribution in [0.25, 0.3) is 10.8 Å². The molecule has 1 heterocycles. The molecular weight excluding hydrogens is 1000 g/mol. The summed E-state index contributed by atoms with van der Waals surface area (Å²) in [5.74, 6) is -1.90. The van der Waals surface area contributed by atoms with Gasteiger partial charge in [0.1, 0.15) is 41.7 Å². The first-order chi connectivity index (χ1) is 29.3. The van der Waals surface area contributed by atoms with Crippen molar-refractivity contribution in [2.45, 2.75) is 28.5 Å². The molecule has 0 spiro atoms. The average Bonchev–Trinajstić information content (AvgIpc) is 3.20. The molecule has 0 aliphatic heterocycles. The van der Waals surface area contributed by atoms with E-state index >= 15 is 0 Å². The van der Waals surface area contributed by atoms with Gasteiger partial charge in [-0.15, -0.1) is 10.2 Å². The van der Waals surface area contributed by atoms with Crippen LogP contribution < -0.4 is 109 Å². The summed E-state index contributed by atoms with van der Waals surface area (Å²) in [7, 11) is -16.3. The molecule has 322 valence electrons. The second-order valence-corrected chi connectivity index (χ2v) is 17.3. The predicted octanol–water partition coefficient (Wildman–Crippen LogP) is -2.22. The van der Waals surface area contributed by atoms with Crippen LogP contribution in [0, 0.1) is 0 Å². The number of halogens is 1. The zero-order valence-electron chi connectivity index (χ0n) is 35.1. The van der Waals surface area contributed by atoms with Crippen molar-refractivity contribution in [2.75, 3.05) is 33.5 Å². The Labute approximate surface area is 448 Å². The van der Waals surface area contributed by atoms with Crippen LogP contribution in [0.5, 0.6) is 5.75 Å². The molecular formula is C38H31BrN9Na3O11S3. The van der Waals surface area contributed by atoms with Crippen molar-refractivity contribution in [3.05, 3.63) is 108 Å². The Bertz CT molecular complexity index is 3040. The SMILES string of the molecule is CCN(c1ccccc1)c1nc(Nc2cc(S(=O)(=O)[O-])cc3cc(S(=O)(=O)[O-])c(N=Nc4cc(NC(=O)C=CBr)ccc4S(=O)(=O)[O-])c(O)c23)nc(N(CC)c2ccccc2)n1.[Na+].[Na+].[Na+]. The van der Waals surface area contributed by atoms with Gasteiger partial charge < -0.3 is 39.2 Å². The fourth-order valence-corrected chi connectivity index (χ4v) is 8.10. The predicted molar refractivity (Wildman–Crippen MR) is 228 cm³/mol. The van der Waals surface area contributed by atoms with Crippen LogP contribution in [0.4, 0.5) is 52.0 Å². The molecule has 6 rings (SSSR count). The maximum Gasteiger partial charge on any atom is 1.00 e. The number of rotatable bonds is 15. The van der Waals surface area contributed by atoms with Gasteiger partial charge in [-0.3, -0.25) is 4.79 Å². The minimum atomic E-state index is -5.63. The molecule has 65 heavy (non-hydrogen) atoms. The van der Waals surface area contributed by atoms with E-state index in [4.69, 9.17) is 4.98 Å². The molecule has 3 N–H and O–H groups in total. The topological polar surface area (TPSA) is 303 Å². The molecule has 6 aromatic rings. The van der Waals surface area contributed by atoms with Crippen LogP contribution in [0.2, 0.25) is 0 Å². The maximum atomic E-state index is 12.7. The molecule has 5 aromatic carbocycles. The fraction of sp³-hybridized carbons (Fsp3) is 0.105. The van der Waals surface area contributed by atoms with E-state index in [-0.39, 0.29) is 112 Å². The minimum absolute atomic E-state index is 0. The van der Waals surface area contributed by atoms with E-state index < -0.39 is 84.5 Å². The minimum Gasteiger partial charge on any atom is -0.744 e. The summed E-state index contributed by atoms with van der Waals surface area (Å²) in [5.41, 5.74) is -0.982. The van der Waals surface area contributed by atoms with Crippen molar-refractivity contribution in [3.63, 3.8) is 0 Å². The van der Waals surface area contributed by atoms with Crippen LogP contribution in [-0.4, -0.2) is 78.0 Å². The van der Waals surface area contributed by atoms with Gasteiger partial charge in [-0.2, -0.15) is 15.0 Å². The molecule has 0 saturated heterocycles. The number of nitrogens with zero attached hydrogens (tertiary/aromatic N) is 7. The first kappa shape index (κ1) is 55.9. The van der Waals surface area contributed by atoms with Gasteiger partial charge in [0.25, 0.3) is 0 Å². The Balaban J connectivity index is 0.00000374. The molecule has 0 radical (unpaired) electrons. The van der Waals surface area contributed by atoms with Crippen LogP contribution in [0.1, 0.15) is 13.8 Å². The second-order valence-electron chi connectivity index (χ2n) is 12.7. The van der Waals surface area contributed by atoms with E-state index in [1.165, 1.54) is 4.99 Å². The Morgan fingerprint density at radius 1 is 0.723 bits per heavy atom. The fourth-order valence-electron chi connectivity index (χ4n) is 6.09. The molecule has 0 aliphatic carbocycles. The Morgan fingerprint density at radius 2 is 1.26 bits per heavy atom. The summed E-state index contributed by atoms with van der Waals surface area (Å²) in [6.45, 7) is 4.37. The van der Waals surface area contributed by atoms with Gasteiger partial charge in [0.05, 0.1) is 20.4 Å². The number of para-hydroxylation sites is 2. The number of carbonyl (C=O) groups is 1. The van der Waals surface area contributed by atoms with E-state index in [1.54, 1.807) is 34.1 Å². The number of aromatic hydroxyl groups is 1. The molecule has 0 saturated carbocycles. The van der Waals surface area contributed by atoms with Gasteiger partial charge in [0.2, 0.25) is 23.8 Å². The van der Waals surface area contributed by atoms with Crippen LogP contribution in [0.3, 0.4) is 0 Å².